The first-order valence-electron chi connectivity index (χ1n) is 8.17. The Balaban J connectivity index is 1.41. The lowest BCUT2D eigenvalue weighted by molar-refractivity contribution is 0.401. The van der Waals surface area contributed by atoms with Crippen LogP contribution in [0.4, 0.5) is 0 Å². The van der Waals surface area contributed by atoms with Crippen molar-refractivity contribution in [3.8, 4) is 0 Å². The van der Waals surface area contributed by atoms with E-state index in [-0.39, 0.29) is 0 Å². The average molecular weight is 277 g/mol. The lowest BCUT2D eigenvalue weighted by Gasteiger charge is -2.33. The molecule has 21 heavy (non-hydrogen) atoms. The van der Waals surface area contributed by atoms with E-state index in [4.69, 9.17) is 0 Å². The molecule has 0 amide bonds. The van der Waals surface area contributed by atoms with Gasteiger partial charge in [-0.05, 0) is 60.8 Å². The highest BCUT2D eigenvalue weighted by atomic mass is 14.9. The number of rotatable bonds is 5. The van der Waals surface area contributed by atoms with Gasteiger partial charge < -0.3 is 5.32 Å². The summed E-state index contributed by atoms with van der Waals surface area (Å²) < 4.78 is 0. The van der Waals surface area contributed by atoms with Crippen LogP contribution in [-0.4, -0.2) is 13.1 Å². The summed E-state index contributed by atoms with van der Waals surface area (Å²) in [7, 11) is 2.13. The minimum absolute atomic E-state index is 0.661. The zero-order valence-corrected chi connectivity index (χ0v) is 12.6. The molecule has 2 aliphatic rings. The summed E-state index contributed by atoms with van der Waals surface area (Å²) in [5, 5.41) is 3.59. The molecule has 1 nitrogen and oxygen atoms in total. The minimum Gasteiger partial charge on any atom is -0.317 e. The number of nitrogens with one attached hydrogen (secondary N) is 1. The minimum atomic E-state index is 0.661. The average Bonchev–Trinajstić information content (AvgIpc) is 3.30. The molecule has 2 aromatic rings. The summed E-state index contributed by atoms with van der Waals surface area (Å²) in [5.41, 5.74) is 4.68. The number of benzene rings is 2. The maximum atomic E-state index is 3.59. The first kappa shape index (κ1) is 13.1. The van der Waals surface area contributed by atoms with Gasteiger partial charge in [-0.3, -0.25) is 0 Å². The summed E-state index contributed by atoms with van der Waals surface area (Å²) in [6, 6.07) is 20.6. The van der Waals surface area contributed by atoms with Gasteiger partial charge in [0.15, 0.2) is 0 Å². The zero-order valence-electron chi connectivity index (χ0n) is 12.6. The van der Waals surface area contributed by atoms with Gasteiger partial charge in [0.05, 0.1) is 0 Å². The van der Waals surface area contributed by atoms with Crippen molar-refractivity contribution in [3.63, 3.8) is 0 Å². The van der Waals surface area contributed by atoms with Gasteiger partial charge in [-0.2, -0.15) is 0 Å². The van der Waals surface area contributed by atoms with Gasteiger partial charge in [0.2, 0.25) is 0 Å². The Labute approximate surface area is 127 Å². The second-order valence-electron chi connectivity index (χ2n) is 6.65. The Morgan fingerprint density at radius 2 is 1.81 bits per heavy atom. The van der Waals surface area contributed by atoms with Gasteiger partial charge in [0.1, 0.15) is 0 Å². The largest absolute Gasteiger partial charge is 0.317 e. The van der Waals surface area contributed by atoms with Gasteiger partial charge in [-0.15, -0.1) is 0 Å². The molecule has 1 saturated carbocycles. The molecule has 2 aliphatic carbocycles. The SMILES string of the molecule is CNC(CC1Cc2ccccc21)C1CC1c1ccccc1. The van der Waals surface area contributed by atoms with E-state index in [0.29, 0.717) is 6.04 Å². The van der Waals surface area contributed by atoms with E-state index < -0.39 is 0 Å². The normalized spacial score (nSPS) is 27.6. The van der Waals surface area contributed by atoms with Crippen molar-refractivity contribution in [2.75, 3.05) is 7.05 Å². The molecule has 0 aliphatic heterocycles. The Morgan fingerprint density at radius 3 is 2.57 bits per heavy atom. The van der Waals surface area contributed by atoms with Crippen LogP contribution in [0.1, 0.15) is 41.4 Å². The van der Waals surface area contributed by atoms with E-state index >= 15 is 0 Å². The fraction of sp³-hybridized carbons (Fsp3) is 0.400. The van der Waals surface area contributed by atoms with Gasteiger partial charge in [-0.1, -0.05) is 54.6 Å². The summed E-state index contributed by atoms with van der Waals surface area (Å²) in [6.45, 7) is 0. The Morgan fingerprint density at radius 1 is 1.05 bits per heavy atom. The number of hydrogen-bond acceptors (Lipinski definition) is 1. The summed E-state index contributed by atoms with van der Waals surface area (Å²) in [5.74, 6) is 2.37. The predicted octanol–water partition coefficient (Wildman–Crippen LogP) is 4.11. The van der Waals surface area contributed by atoms with Crippen molar-refractivity contribution in [2.24, 2.45) is 5.92 Å². The third-order valence-corrected chi connectivity index (χ3v) is 5.45. The standard InChI is InChI=1S/C20H23N/c1-21-20(12-16-11-15-9-5-6-10-17(15)16)19-13-18(19)14-7-3-2-4-8-14/h2-10,16,18-21H,11-13H2,1H3. The van der Waals surface area contributed by atoms with Crippen molar-refractivity contribution in [3.05, 3.63) is 71.3 Å². The molecule has 1 fully saturated rings. The molecule has 4 unspecified atom stereocenters. The highest BCUT2D eigenvalue weighted by molar-refractivity contribution is 5.40. The third-order valence-electron chi connectivity index (χ3n) is 5.45. The first-order chi connectivity index (χ1) is 10.4. The fourth-order valence-electron chi connectivity index (χ4n) is 4.13. The Kier molecular flexibility index (Phi) is 3.31. The second-order valence-corrected chi connectivity index (χ2v) is 6.65. The van der Waals surface area contributed by atoms with Crippen LogP contribution in [-0.2, 0) is 6.42 Å². The molecule has 2 aromatic carbocycles. The monoisotopic (exact) mass is 277 g/mol. The molecule has 0 saturated heterocycles. The third kappa shape index (κ3) is 2.40. The van der Waals surface area contributed by atoms with Crippen molar-refractivity contribution < 1.29 is 0 Å². The van der Waals surface area contributed by atoms with Crippen molar-refractivity contribution >= 4 is 0 Å². The summed E-state index contributed by atoms with van der Waals surface area (Å²) >= 11 is 0. The van der Waals surface area contributed by atoms with Gasteiger partial charge in [0.25, 0.3) is 0 Å². The van der Waals surface area contributed by atoms with Gasteiger partial charge in [-0.25, -0.2) is 0 Å². The molecular formula is C20H23N. The second kappa shape index (κ2) is 5.31. The molecule has 0 radical (unpaired) electrons. The zero-order chi connectivity index (χ0) is 14.2. The molecule has 0 spiro atoms. The summed E-state index contributed by atoms with van der Waals surface area (Å²) in [4.78, 5) is 0. The Hall–Kier alpha value is -1.60. The number of hydrogen-bond donors (Lipinski definition) is 1. The molecule has 0 bridgehead atoms. The van der Waals surface area contributed by atoms with Crippen molar-refractivity contribution in [1.82, 2.24) is 5.32 Å². The van der Waals surface area contributed by atoms with Crippen molar-refractivity contribution in [1.29, 1.82) is 0 Å². The van der Waals surface area contributed by atoms with E-state index in [1.165, 1.54) is 24.8 Å². The van der Waals surface area contributed by atoms with Crippen LogP contribution in [0.2, 0.25) is 0 Å². The molecule has 108 valence electrons. The molecule has 1 N–H and O–H groups in total. The van der Waals surface area contributed by atoms with Crippen LogP contribution >= 0.6 is 0 Å². The highest BCUT2D eigenvalue weighted by Crippen LogP contribution is 2.52. The molecule has 4 rings (SSSR count). The molecule has 0 heterocycles. The van der Waals surface area contributed by atoms with Gasteiger partial charge in [0, 0.05) is 6.04 Å². The van der Waals surface area contributed by atoms with Gasteiger partial charge >= 0.3 is 0 Å². The van der Waals surface area contributed by atoms with Crippen LogP contribution < -0.4 is 5.32 Å². The molecular weight excluding hydrogens is 254 g/mol. The fourth-order valence-corrected chi connectivity index (χ4v) is 4.13. The van der Waals surface area contributed by atoms with Crippen LogP contribution in [0, 0.1) is 5.92 Å². The van der Waals surface area contributed by atoms with E-state index in [0.717, 1.165) is 17.8 Å². The van der Waals surface area contributed by atoms with Crippen molar-refractivity contribution in [2.45, 2.75) is 37.1 Å². The molecule has 1 heteroatoms. The lowest BCUT2D eigenvalue weighted by Crippen LogP contribution is -2.33. The molecule has 4 atom stereocenters. The topological polar surface area (TPSA) is 12.0 Å². The van der Waals surface area contributed by atoms with E-state index in [1.807, 2.05) is 0 Å². The number of fused-ring (bicyclic) bond motifs is 1. The van der Waals surface area contributed by atoms with E-state index in [2.05, 4.69) is 67.0 Å². The smallest absolute Gasteiger partial charge is 0.0104 e. The predicted molar refractivity (Wildman–Crippen MR) is 87.6 cm³/mol. The van der Waals surface area contributed by atoms with Crippen LogP contribution in [0.3, 0.4) is 0 Å². The first-order valence-corrected chi connectivity index (χ1v) is 8.17. The molecule has 0 aromatic heterocycles. The van der Waals surface area contributed by atoms with Crippen LogP contribution in [0.15, 0.2) is 54.6 Å². The lowest BCUT2D eigenvalue weighted by atomic mass is 9.74. The maximum absolute atomic E-state index is 3.59. The van der Waals surface area contributed by atoms with Crippen LogP contribution in [0.25, 0.3) is 0 Å². The maximum Gasteiger partial charge on any atom is 0.0104 e. The quantitative estimate of drug-likeness (QED) is 0.867. The van der Waals surface area contributed by atoms with E-state index in [1.54, 1.807) is 11.1 Å². The highest BCUT2D eigenvalue weighted by Gasteiger charge is 2.44. The Bertz CT molecular complexity index is 619. The van der Waals surface area contributed by atoms with Crippen LogP contribution in [0.5, 0.6) is 0 Å². The van der Waals surface area contributed by atoms with E-state index in [9.17, 15) is 0 Å². The summed E-state index contributed by atoms with van der Waals surface area (Å²) in [6.07, 6.45) is 3.92.